The molecule has 0 saturated heterocycles. The summed E-state index contributed by atoms with van der Waals surface area (Å²) in [6.07, 6.45) is 5.61. The summed E-state index contributed by atoms with van der Waals surface area (Å²) in [5.74, 6) is 0. The SMILES string of the molecule is CCCCCc1ccc(COC(F)(F)Cc2ccc(CCCCC)cc2)cc1. The number of hydrogen-bond acceptors (Lipinski definition) is 1. The minimum absolute atomic E-state index is 0.0721. The monoisotopic (exact) mass is 388 g/mol. The van der Waals surface area contributed by atoms with Crippen molar-refractivity contribution in [3.05, 3.63) is 70.8 Å². The van der Waals surface area contributed by atoms with Crippen molar-refractivity contribution in [3.63, 3.8) is 0 Å². The molecule has 0 spiro atoms. The average molecular weight is 389 g/mol. The zero-order valence-corrected chi connectivity index (χ0v) is 17.4. The van der Waals surface area contributed by atoms with Gasteiger partial charge in [0.25, 0.3) is 0 Å². The van der Waals surface area contributed by atoms with Gasteiger partial charge in [0.1, 0.15) is 0 Å². The van der Waals surface area contributed by atoms with Crippen molar-refractivity contribution in [1.82, 2.24) is 0 Å². The first-order valence-electron chi connectivity index (χ1n) is 10.7. The van der Waals surface area contributed by atoms with Crippen molar-refractivity contribution < 1.29 is 13.5 Å². The highest BCUT2D eigenvalue weighted by molar-refractivity contribution is 5.24. The predicted molar refractivity (Wildman–Crippen MR) is 113 cm³/mol. The second-order valence-electron chi connectivity index (χ2n) is 7.65. The van der Waals surface area contributed by atoms with Gasteiger partial charge in [0, 0.05) is 0 Å². The number of benzene rings is 2. The van der Waals surface area contributed by atoms with Crippen LogP contribution >= 0.6 is 0 Å². The van der Waals surface area contributed by atoms with E-state index in [-0.39, 0.29) is 6.61 Å². The summed E-state index contributed by atoms with van der Waals surface area (Å²) in [5.41, 5.74) is 3.85. The summed E-state index contributed by atoms with van der Waals surface area (Å²) >= 11 is 0. The topological polar surface area (TPSA) is 9.23 Å². The quantitative estimate of drug-likeness (QED) is 0.323. The van der Waals surface area contributed by atoms with Crippen molar-refractivity contribution in [1.29, 1.82) is 0 Å². The smallest absolute Gasteiger partial charge is 0.315 e. The second kappa shape index (κ2) is 12.0. The molecule has 0 heterocycles. The molecular weight excluding hydrogens is 354 g/mol. The number of unbranched alkanes of at least 4 members (excludes halogenated alkanes) is 4. The molecule has 3 heteroatoms. The number of hydrogen-bond donors (Lipinski definition) is 0. The average Bonchev–Trinajstić information content (AvgIpc) is 2.69. The van der Waals surface area contributed by atoms with Crippen molar-refractivity contribution in [2.75, 3.05) is 0 Å². The Morgan fingerprint density at radius 3 is 1.54 bits per heavy atom. The molecule has 28 heavy (non-hydrogen) atoms. The molecule has 0 N–H and O–H groups in total. The Morgan fingerprint density at radius 1 is 0.643 bits per heavy atom. The van der Waals surface area contributed by atoms with Crippen LogP contribution in [0.1, 0.15) is 74.6 Å². The minimum atomic E-state index is -3.16. The lowest BCUT2D eigenvalue weighted by Crippen LogP contribution is -2.23. The van der Waals surface area contributed by atoms with E-state index >= 15 is 0 Å². The van der Waals surface area contributed by atoms with Crippen LogP contribution in [-0.4, -0.2) is 6.11 Å². The molecule has 0 aromatic heterocycles. The van der Waals surface area contributed by atoms with E-state index in [9.17, 15) is 8.78 Å². The van der Waals surface area contributed by atoms with Crippen LogP contribution in [0.15, 0.2) is 48.5 Å². The van der Waals surface area contributed by atoms with Gasteiger partial charge in [0.05, 0.1) is 13.0 Å². The van der Waals surface area contributed by atoms with Gasteiger partial charge in [0.2, 0.25) is 0 Å². The second-order valence-corrected chi connectivity index (χ2v) is 7.65. The molecule has 0 amide bonds. The molecule has 0 aliphatic heterocycles. The minimum Gasteiger partial charge on any atom is -0.315 e. The summed E-state index contributed by atoms with van der Waals surface area (Å²) in [7, 11) is 0. The fourth-order valence-corrected chi connectivity index (χ4v) is 3.26. The van der Waals surface area contributed by atoms with E-state index < -0.39 is 12.5 Å². The summed E-state index contributed by atoms with van der Waals surface area (Å²) in [4.78, 5) is 0. The molecule has 0 unspecified atom stereocenters. The van der Waals surface area contributed by atoms with Gasteiger partial charge in [-0.1, -0.05) is 88.1 Å². The zero-order chi connectivity index (χ0) is 20.2. The van der Waals surface area contributed by atoms with Gasteiger partial charge < -0.3 is 4.74 Å². The highest BCUT2D eigenvalue weighted by Crippen LogP contribution is 2.24. The Morgan fingerprint density at radius 2 is 1.07 bits per heavy atom. The van der Waals surface area contributed by atoms with E-state index in [0.717, 1.165) is 24.8 Å². The molecule has 0 saturated carbocycles. The largest absolute Gasteiger partial charge is 0.360 e. The van der Waals surface area contributed by atoms with Crippen LogP contribution in [0.3, 0.4) is 0 Å². The summed E-state index contributed by atoms with van der Waals surface area (Å²) in [5, 5.41) is 0. The number of halogens is 2. The Balaban J connectivity index is 1.79. The molecule has 0 aliphatic rings. The van der Waals surface area contributed by atoms with Gasteiger partial charge in [-0.3, -0.25) is 0 Å². The van der Waals surface area contributed by atoms with Crippen molar-refractivity contribution >= 4 is 0 Å². The zero-order valence-electron chi connectivity index (χ0n) is 17.4. The van der Waals surface area contributed by atoms with Gasteiger partial charge in [-0.15, -0.1) is 0 Å². The van der Waals surface area contributed by atoms with E-state index in [1.165, 1.54) is 43.2 Å². The molecule has 154 valence electrons. The molecule has 2 rings (SSSR count). The van der Waals surface area contributed by atoms with Crippen LogP contribution < -0.4 is 0 Å². The highest BCUT2D eigenvalue weighted by atomic mass is 19.3. The van der Waals surface area contributed by atoms with E-state index in [1.807, 2.05) is 36.4 Å². The first-order valence-corrected chi connectivity index (χ1v) is 10.7. The molecule has 1 nitrogen and oxygen atoms in total. The molecule has 0 fully saturated rings. The maximum absolute atomic E-state index is 14.2. The Labute approximate surface area is 169 Å². The molecule has 0 radical (unpaired) electrons. The lowest BCUT2D eigenvalue weighted by molar-refractivity contribution is -0.244. The third-order valence-corrected chi connectivity index (χ3v) is 5.04. The Kier molecular flexibility index (Phi) is 9.63. The molecule has 2 aromatic carbocycles. The summed E-state index contributed by atoms with van der Waals surface area (Å²) in [6, 6.07) is 15.3. The van der Waals surface area contributed by atoms with E-state index in [0.29, 0.717) is 5.56 Å². The molecule has 2 aromatic rings. The van der Waals surface area contributed by atoms with Crippen LogP contribution in [0.4, 0.5) is 8.78 Å². The van der Waals surface area contributed by atoms with E-state index in [4.69, 9.17) is 4.74 Å². The lowest BCUT2D eigenvalue weighted by atomic mass is 10.0. The van der Waals surface area contributed by atoms with E-state index in [1.54, 1.807) is 12.1 Å². The fraction of sp³-hybridized carbons (Fsp3) is 0.520. The summed E-state index contributed by atoms with van der Waals surface area (Å²) in [6.45, 7) is 4.28. The van der Waals surface area contributed by atoms with Crippen LogP contribution in [0.2, 0.25) is 0 Å². The van der Waals surface area contributed by atoms with Crippen LogP contribution in [0.25, 0.3) is 0 Å². The lowest BCUT2D eigenvalue weighted by Gasteiger charge is -2.17. The Bertz CT molecular complexity index is 662. The summed E-state index contributed by atoms with van der Waals surface area (Å²) < 4.78 is 33.3. The van der Waals surface area contributed by atoms with Crippen molar-refractivity contribution in [2.24, 2.45) is 0 Å². The number of ether oxygens (including phenoxy) is 1. The van der Waals surface area contributed by atoms with E-state index in [2.05, 4.69) is 13.8 Å². The first-order chi connectivity index (χ1) is 13.5. The maximum atomic E-state index is 14.2. The highest BCUT2D eigenvalue weighted by Gasteiger charge is 2.30. The molecule has 0 atom stereocenters. The maximum Gasteiger partial charge on any atom is 0.360 e. The normalized spacial score (nSPS) is 11.7. The molecule has 0 aliphatic carbocycles. The molecular formula is C25H34F2O. The third kappa shape index (κ3) is 8.52. The number of aryl methyl sites for hydroxylation is 2. The first kappa shape index (κ1) is 22.5. The third-order valence-electron chi connectivity index (χ3n) is 5.04. The van der Waals surface area contributed by atoms with Crippen LogP contribution in [0.5, 0.6) is 0 Å². The van der Waals surface area contributed by atoms with Crippen LogP contribution in [-0.2, 0) is 30.6 Å². The van der Waals surface area contributed by atoms with Gasteiger partial charge in [-0.2, -0.15) is 8.78 Å². The Hall–Kier alpha value is -1.74. The standard InChI is InChI=1S/C25H34F2O/c1-3-5-7-9-21-11-15-23(16-12-21)19-25(26,27)28-20-24-17-13-22(14-18-24)10-8-6-4-2/h11-18H,3-10,19-20H2,1-2H3. The molecule has 0 bridgehead atoms. The van der Waals surface area contributed by atoms with Gasteiger partial charge in [-0.25, -0.2) is 0 Å². The van der Waals surface area contributed by atoms with Crippen molar-refractivity contribution in [3.8, 4) is 0 Å². The predicted octanol–water partition coefficient (Wildman–Crippen LogP) is 7.50. The van der Waals surface area contributed by atoms with Gasteiger partial charge in [0.15, 0.2) is 0 Å². The van der Waals surface area contributed by atoms with Gasteiger partial charge in [-0.05, 0) is 47.9 Å². The fourth-order valence-electron chi connectivity index (χ4n) is 3.26. The van der Waals surface area contributed by atoms with Gasteiger partial charge >= 0.3 is 6.11 Å². The number of rotatable bonds is 13. The number of alkyl halides is 2. The van der Waals surface area contributed by atoms with Crippen LogP contribution in [0, 0.1) is 0 Å². The van der Waals surface area contributed by atoms with Crippen molar-refractivity contribution in [2.45, 2.75) is 84.4 Å².